The molecule has 1 heterocycles. The molecule has 3 rings (SSSR count). The highest BCUT2D eigenvalue weighted by Gasteiger charge is 2.31. The Morgan fingerprint density at radius 1 is 1.33 bits per heavy atom. The van der Waals surface area contributed by atoms with Gasteiger partial charge in [0.25, 0.3) is 0 Å². The van der Waals surface area contributed by atoms with E-state index in [0.29, 0.717) is 23.5 Å². The number of phenolic OH excluding ortho intramolecular Hbond substituents is 1. The number of ether oxygens (including phenoxy) is 1. The van der Waals surface area contributed by atoms with Gasteiger partial charge in [0, 0.05) is 22.5 Å². The molecule has 0 fully saturated rings. The van der Waals surface area contributed by atoms with E-state index in [1.165, 1.54) is 0 Å². The number of aromatic amines is 1. The van der Waals surface area contributed by atoms with Crippen molar-refractivity contribution in [1.29, 1.82) is 0 Å². The number of aromatic nitrogens is 1. The predicted octanol–water partition coefficient (Wildman–Crippen LogP) is 3.21. The van der Waals surface area contributed by atoms with Gasteiger partial charge in [0.1, 0.15) is 17.2 Å². The van der Waals surface area contributed by atoms with Crippen LogP contribution in [0.3, 0.4) is 0 Å². The van der Waals surface area contributed by atoms with Gasteiger partial charge in [0.05, 0.1) is 5.92 Å². The zero-order valence-corrected chi connectivity index (χ0v) is 16.0. The van der Waals surface area contributed by atoms with Crippen molar-refractivity contribution in [3.63, 3.8) is 0 Å². The summed E-state index contributed by atoms with van der Waals surface area (Å²) in [5.74, 6) is 0.242. The number of phenols is 1. The summed E-state index contributed by atoms with van der Waals surface area (Å²) in [6.45, 7) is 5.61. The van der Waals surface area contributed by atoms with Crippen LogP contribution < -0.4 is 11.5 Å². The van der Waals surface area contributed by atoms with Crippen LogP contribution in [0.4, 0.5) is 5.82 Å². The number of aromatic hydroxyl groups is 1. The average Bonchev–Trinajstić information content (AvgIpc) is 2.88. The first-order valence-electron chi connectivity index (χ1n) is 9.13. The molecule has 6 N–H and O–H groups in total. The van der Waals surface area contributed by atoms with Gasteiger partial charge in [-0.2, -0.15) is 0 Å². The molecule has 0 radical (unpaired) electrons. The summed E-state index contributed by atoms with van der Waals surface area (Å²) in [4.78, 5) is 15.7. The lowest BCUT2D eigenvalue weighted by atomic mass is 9.85. The molecule has 1 unspecified atom stereocenters. The Balaban J connectivity index is 1.90. The van der Waals surface area contributed by atoms with E-state index in [1.54, 1.807) is 24.3 Å². The fourth-order valence-corrected chi connectivity index (χ4v) is 3.45. The van der Waals surface area contributed by atoms with Gasteiger partial charge in [0.2, 0.25) is 0 Å². The van der Waals surface area contributed by atoms with Gasteiger partial charge in [-0.25, -0.2) is 0 Å². The molecule has 0 spiro atoms. The maximum Gasteiger partial charge on any atom is 0.309 e. The highest BCUT2D eigenvalue weighted by atomic mass is 16.6. The maximum atomic E-state index is 12.5. The number of rotatable bonds is 3. The van der Waals surface area contributed by atoms with Crippen molar-refractivity contribution in [2.75, 3.05) is 5.73 Å². The molecule has 0 saturated carbocycles. The highest BCUT2D eigenvalue weighted by molar-refractivity contribution is 5.86. The molecule has 2 aromatic rings. The minimum absolute atomic E-state index is 0.112. The molecule has 0 saturated heterocycles. The fraction of sp³-hybridized carbons (Fsp3) is 0.381. The molecule has 27 heavy (non-hydrogen) atoms. The third-order valence-corrected chi connectivity index (χ3v) is 4.71. The summed E-state index contributed by atoms with van der Waals surface area (Å²) in [6, 6.07) is 6.89. The summed E-state index contributed by atoms with van der Waals surface area (Å²) in [7, 11) is 0. The minimum Gasteiger partial charge on any atom is -0.507 e. The van der Waals surface area contributed by atoms with E-state index in [2.05, 4.69) is 4.98 Å². The summed E-state index contributed by atoms with van der Waals surface area (Å²) in [6.07, 6.45) is 3.77. The molecule has 0 amide bonds. The number of aryl methyl sites for hydroxylation is 1. The number of nitrogen functional groups attached to an aromatic ring is 1. The third kappa shape index (κ3) is 4.10. The van der Waals surface area contributed by atoms with Crippen LogP contribution in [-0.4, -0.2) is 21.7 Å². The number of hydrogen-bond acceptors (Lipinski definition) is 5. The Morgan fingerprint density at radius 2 is 2.04 bits per heavy atom. The molecule has 6 nitrogen and oxygen atoms in total. The van der Waals surface area contributed by atoms with Crippen molar-refractivity contribution in [2.45, 2.75) is 45.6 Å². The molecule has 6 heteroatoms. The normalized spacial score (nSPS) is 17.4. The first-order valence-corrected chi connectivity index (χ1v) is 9.13. The molecular weight excluding hydrogens is 342 g/mol. The highest BCUT2D eigenvalue weighted by Crippen LogP contribution is 2.35. The van der Waals surface area contributed by atoms with E-state index in [0.717, 1.165) is 29.7 Å². The number of fused-ring (bicyclic) bond motifs is 1. The maximum absolute atomic E-state index is 12.5. The molecule has 1 atom stereocenters. The second kappa shape index (κ2) is 7.02. The lowest BCUT2D eigenvalue weighted by Crippen LogP contribution is -2.31. The van der Waals surface area contributed by atoms with Crippen molar-refractivity contribution in [3.05, 3.63) is 46.6 Å². The average molecular weight is 369 g/mol. The molecule has 144 valence electrons. The zero-order chi connectivity index (χ0) is 19.8. The number of para-hydroxylation sites is 1. The third-order valence-electron chi connectivity index (χ3n) is 4.71. The standard InChI is InChI=1S/C21H27N3O3/c1-21(2,3)27-20(26)12-8-9-17-14(10-12)15(19(23)24-17)11-16(22)13-6-4-5-7-18(13)25/h4-7,11-12,24-25H,8-10,22-23H2,1-3H3/b16-11-. The quantitative estimate of drug-likeness (QED) is 0.620. The first kappa shape index (κ1) is 18.9. The van der Waals surface area contributed by atoms with Gasteiger partial charge in [-0.3, -0.25) is 4.79 Å². The SMILES string of the molecule is CC(C)(C)OC(=O)C1CCc2[nH]c(N)c(/C=C(\N)c3ccccc3O)c2C1. The van der Waals surface area contributed by atoms with Gasteiger partial charge >= 0.3 is 5.97 Å². The van der Waals surface area contributed by atoms with Crippen LogP contribution in [0.1, 0.15) is 49.6 Å². The van der Waals surface area contributed by atoms with Crippen LogP contribution in [0.25, 0.3) is 11.8 Å². The van der Waals surface area contributed by atoms with Crippen molar-refractivity contribution in [1.82, 2.24) is 4.98 Å². The Bertz CT molecular complexity index is 891. The number of anilines is 1. The fourth-order valence-electron chi connectivity index (χ4n) is 3.45. The molecule has 0 bridgehead atoms. The van der Waals surface area contributed by atoms with Crippen LogP contribution in [0.15, 0.2) is 24.3 Å². The number of H-pyrrole nitrogens is 1. The second-order valence-electron chi connectivity index (χ2n) is 8.00. The van der Waals surface area contributed by atoms with Gasteiger partial charge < -0.3 is 26.3 Å². The second-order valence-corrected chi connectivity index (χ2v) is 8.00. The Labute approximate surface area is 159 Å². The lowest BCUT2D eigenvalue weighted by Gasteiger charge is -2.26. The van der Waals surface area contributed by atoms with E-state index in [1.807, 2.05) is 26.8 Å². The molecular formula is C21H27N3O3. The van der Waals surface area contributed by atoms with Gasteiger partial charge in [0.15, 0.2) is 0 Å². The van der Waals surface area contributed by atoms with E-state index in [4.69, 9.17) is 16.2 Å². The van der Waals surface area contributed by atoms with Crippen LogP contribution in [0, 0.1) is 5.92 Å². The number of nitrogens with two attached hydrogens (primary N) is 2. The number of carbonyl (C=O) groups excluding carboxylic acids is 1. The van der Waals surface area contributed by atoms with E-state index in [-0.39, 0.29) is 17.6 Å². The predicted molar refractivity (Wildman–Crippen MR) is 107 cm³/mol. The largest absolute Gasteiger partial charge is 0.507 e. The molecule has 1 aromatic carbocycles. The van der Waals surface area contributed by atoms with Crippen LogP contribution >= 0.6 is 0 Å². The lowest BCUT2D eigenvalue weighted by molar-refractivity contribution is -0.160. The number of carbonyl (C=O) groups is 1. The van der Waals surface area contributed by atoms with Crippen molar-refractivity contribution in [3.8, 4) is 5.75 Å². The number of hydrogen-bond donors (Lipinski definition) is 4. The van der Waals surface area contributed by atoms with E-state index in [9.17, 15) is 9.90 Å². The van der Waals surface area contributed by atoms with Crippen molar-refractivity contribution in [2.24, 2.45) is 11.7 Å². The molecule has 1 aliphatic rings. The summed E-state index contributed by atoms with van der Waals surface area (Å²) < 4.78 is 5.55. The van der Waals surface area contributed by atoms with Crippen LogP contribution in [-0.2, 0) is 22.4 Å². The van der Waals surface area contributed by atoms with Crippen LogP contribution in [0.2, 0.25) is 0 Å². The summed E-state index contributed by atoms with van der Waals surface area (Å²) >= 11 is 0. The number of esters is 1. The van der Waals surface area contributed by atoms with Crippen molar-refractivity contribution >= 4 is 23.6 Å². The monoisotopic (exact) mass is 369 g/mol. The summed E-state index contributed by atoms with van der Waals surface area (Å²) in [5, 5.41) is 10.0. The van der Waals surface area contributed by atoms with Crippen molar-refractivity contribution < 1.29 is 14.6 Å². The Morgan fingerprint density at radius 3 is 2.70 bits per heavy atom. The molecule has 1 aromatic heterocycles. The van der Waals surface area contributed by atoms with E-state index >= 15 is 0 Å². The minimum atomic E-state index is -0.507. The molecule has 1 aliphatic carbocycles. The Kier molecular flexibility index (Phi) is 4.91. The number of benzene rings is 1. The smallest absolute Gasteiger partial charge is 0.309 e. The number of nitrogens with one attached hydrogen (secondary N) is 1. The zero-order valence-electron chi connectivity index (χ0n) is 16.0. The summed E-state index contributed by atoms with van der Waals surface area (Å²) in [5.41, 5.74) is 15.6. The molecule has 0 aliphatic heterocycles. The van der Waals surface area contributed by atoms with Gasteiger partial charge in [-0.1, -0.05) is 12.1 Å². The van der Waals surface area contributed by atoms with E-state index < -0.39 is 5.60 Å². The van der Waals surface area contributed by atoms with Crippen LogP contribution in [0.5, 0.6) is 5.75 Å². The Hall–Kier alpha value is -2.89. The topological polar surface area (TPSA) is 114 Å². The van der Waals surface area contributed by atoms with Gasteiger partial charge in [-0.15, -0.1) is 0 Å². The van der Waals surface area contributed by atoms with Gasteiger partial charge in [-0.05, 0) is 63.8 Å². The first-order chi connectivity index (χ1) is 12.7.